The summed E-state index contributed by atoms with van der Waals surface area (Å²) in [5.74, 6) is -3.32. The molecule has 126 valence electrons. The Hall–Kier alpha value is -2.19. The molecule has 0 aliphatic carbocycles. The molecule has 0 radical (unpaired) electrons. The van der Waals surface area contributed by atoms with Crippen LogP contribution in [-0.4, -0.2) is 14.8 Å². The largest absolute Gasteiger partial charge is 0.309 e. The molecule has 0 N–H and O–H groups in total. The van der Waals surface area contributed by atoms with E-state index in [1.54, 1.807) is 29.6 Å². The molecular weight excluding hydrogens is 412 g/mol. The van der Waals surface area contributed by atoms with Gasteiger partial charge in [0.1, 0.15) is 12.2 Å². The molecule has 3 heterocycles. The zero-order valence-corrected chi connectivity index (χ0v) is 15.0. The second-order valence-electron chi connectivity index (χ2n) is 5.52. The Bertz CT molecular complexity index is 1160. The van der Waals surface area contributed by atoms with Gasteiger partial charge in [-0.05, 0) is 28.1 Å². The number of nitrogens with zero attached hydrogens (tertiary/aromatic N) is 3. The summed E-state index contributed by atoms with van der Waals surface area (Å²) >= 11 is 4.60. The number of hydrogen-bond acceptors (Lipinski definition) is 4. The number of thiophene rings is 1. The highest BCUT2D eigenvalue weighted by molar-refractivity contribution is 9.10. The minimum absolute atomic E-state index is 0.363. The first-order valence-corrected chi connectivity index (χ1v) is 9.00. The minimum Gasteiger partial charge on any atom is -0.267 e. The van der Waals surface area contributed by atoms with E-state index in [9.17, 15) is 13.6 Å². The Labute approximate surface area is 152 Å². The highest BCUT2D eigenvalue weighted by atomic mass is 79.9. The summed E-state index contributed by atoms with van der Waals surface area (Å²) in [5, 5.41) is 6.76. The van der Waals surface area contributed by atoms with E-state index in [-0.39, 0.29) is 5.69 Å². The third kappa shape index (κ3) is 2.85. The summed E-state index contributed by atoms with van der Waals surface area (Å²) in [6.07, 6.45) is 1.43. The molecule has 4 aromatic rings. The van der Waals surface area contributed by atoms with Gasteiger partial charge in [0, 0.05) is 15.2 Å². The quantitative estimate of drug-likeness (QED) is 0.487. The average Bonchev–Trinajstić information content (AvgIpc) is 2.98. The second-order valence-corrected chi connectivity index (χ2v) is 7.29. The van der Waals surface area contributed by atoms with Crippen molar-refractivity contribution in [3.05, 3.63) is 68.5 Å². The van der Waals surface area contributed by atoms with E-state index in [2.05, 4.69) is 26.0 Å². The van der Waals surface area contributed by atoms with Crippen LogP contribution in [0.4, 0.5) is 8.78 Å². The molecule has 8 heteroatoms. The van der Waals surface area contributed by atoms with Crippen molar-refractivity contribution in [3.63, 3.8) is 0 Å². The number of pyridine rings is 1. The van der Waals surface area contributed by atoms with Gasteiger partial charge in [0.25, 0.3) is 5.56 Å². The van der Waals surface area contributed by atoms with Crippen LogP contribution in [-0.2, 0) is 12.5 Å². The molecule has 0 aliphatic heterocycles. The van der Waals surface area contributed by atoms with Crippen molar-refractivity contribution in [3.8, 4) is 0 Å². The molecule has 0 aliphatic rings. The molecule has 4 nitrogen and oxygen atoms in total. The fourth-order valence-electron chi connectivity index (χ4n) is 2.61. The maximum atomic E-state index is 14.7. The molecule has 0 saturated carbocycles. The summed E-state index contributed by atoms with van der Waals surface area (Å²) in [6, 6.07) is 9.92. The zero-order valence-electron chi connectivity index (χ0n) is 12.6. The number of fused-ring (bicyclic) bond motifs is 2. The first-order chi connectivity index (χ1) is 12.0. The van der Waals surface area contributed by atoms with Crippen molar-refractivity contribution in [2.24, 2.45) is 0 Å². The van der Waals surface area contributed by atoms with Crippen molar-refractivity contribution < 1.29 is 8.78 Å². The van der Waals surface area contributed by atoms with Crippen LogP contribution in [0.5, 0.6) is 0 Å². The summed E-state index contributed by atoms with van der Waals surface area (Å²) in [4.78, 5) is 16.5. The lowest BCUT2D eigenvalue weighted by Crippen LogP contribution is -2.31. The Kier molecular flexibility index (Phi) is 3.88. The van der Waals surface area contributed by atoms with E-state index in [1.165, 1.54) is 23.6 Å². The second kappa shape index (κ2) is 5.96. The Morgan fingerprint density at radius 3 is 2.84 bits per heavy atom. The number of halogens is 3. The Morgan fingerprint density at radius 1 is 1.20 bits per heavy atom. The molecule has 25 heavy (non-hydrogen) atoms. The maximum Gasteiger partial charge on any atom is 0.309 e. The van der Waals surface area contributed by atoms with Crippen molar-refractivity contribution in [1.29, 1.82) is 0 Å². The maximum absolute atomic E-state index is 14.7. The highest BCUT2D eigenvalue weighted by Gasteiger charge is 2.35. The number of para-hydroxylation sites is 1. The highest BCUT2D eigenvalue weighted by Crippen LogP contribution is 2.30. The molecule has 1 aromatic carbocycles. The van der Waals surface area contributed by atoms with Crippen LogP contribution in [0.1, 0.15) is 5.69 Å². The van der Waals surface area contributed by atoms with E-state index in [0.29, 0.717) is 20.1 Å². The summed E-state index contributed by atoms with van der Waals surface area (Å²) in [5.41, 5.74) is -0.452. The summed E-state index contributed by atoms with van der Waals surface area (Å²) in [6.45, 7) is -0.866. The molecule has 0 saturated heterocycles. The molecule has 0 spiro atoms. The van der Waals surface area contributed by atoms with E-state index in [1.807, 2.05) is 6.07 Å². The van der Waals surface area contributed by atoms with Gasteiger partial charge in [0.15, 0.2) is 0 Å². The van der Waals surface area contributed by atoms with Crippen molar-refractivity contribution in [2.75, 3.05) is 0 Å². The number of alkyl halides is 2. The van der Waals surface area contributed by atoms with Crippen LogP contribution in [0, 0.1) is 0 Å². The fraction of sp³-hybridized carbons (Fsp3) is 0.118. The lowest BCUT2D eigenvalue weighted by Gasteiger charge is -2.17. The van der Waals surface area contributed by atoms with Gasteiger partial charge in [-0.1, -0.05) is 24.3 Å². The molecule has 0 bridgehead atoms. The molecule has 0 amide bonds. The van der Waals surface area contributed by atoms with Crippen molar-refractivity contribution in [2.45, 2.75) is 12.5 Å². The van der Waals surface area contributed by atoms with Crippen LogP contribution in [0.3, 0.4) is 0 Å². The minimum atomic E-state index is -3.32. The predicted octanol–water partition coefficient (Wildman–Crippen LogP) is 4.56. The molecule has 3 aromatic heterocycles. The number of rotatable bonds is 3. The van der Waals surface area contributed by atoms with E-state index in [0.717, 1.165) is 10.1 Å². The molecule has 4 rings (SSSR count). The first-order valence-electron chi connectivity index (χ1n) is 7.33. The third-order valence-corrected chi connectivity index (χ3v) is 5.70. The first kappa shape index (κ1) is 16.3. The Morgan fingerprint density at radius 2 is 2.00 bits per heavy atom. The van der Waals surface area contributed by atoms with E-state index < -0.39 is 18.0 Å². The van der Waals surface area contributed by atoms with Gasteiger partial charge in [0.2, 0.25) is 0 Å². The van der Waals surface area contributed by atoms with Crippen LogP contribution in [0.15, 0.2) is 57.2 Å². The van der Waals surface area contributed by atoms with Gasteiger partial charge in [-0.3, -0.25) is 4.79 Å². The smallest absolute Gasteiger partial charge is 0.267 e. The lowest BCUT2D eigenvalue weighted by atomic mass is 10.1. The van der Waals surface area contributed by atoms with Crippen LogP contribution >= 0.6 is 27.3 Å². The summed E-state index contributed by atoms with van der Waals surface area (Å²) < 4.78 is 31.4. The molecular formula is C17H10BrF2N3OS. The fourth-order valence-corrected chi connectivity index (χ4v) is 4.17. The van der Waals surface area contributed by atoms with Gasteiger partial charge in [-0.15, -0.1) is 11.3 Å². The molecule has 0 atom stereocenters. The van der Waals surface area contributed by atoms with Crippen molar-refractivity contribution in [1.82, 2.24) is 14.8 Å². The van der Waals surface area contributed by atoms with E-state index >= 15 is 0 Å². The SMILES string of the molecule is O=c1c2c(Br)csc2cnn1CC(F)(F)c1ccc2ccccc2n1. The topological polar surface area (TPSA) is 47.8 Å². The standard InChI is InChI=1S/C17H10BrF2N3OS/c18-11-8-25-13-7-21-23(16(24)15(11)13)9-17(19,20)14-6-5-10-3-1-2-4-12(10)22-14/h1-8H,9H2. The normalized spacial score (nSPS) is 12.1. The van der Waals surface area contributed by atoms with Crippen molar-refractivity contribution >= 4 is 48.3 Å². The van der Waals surface area contributed by atoms with Crippen LogP contribution < -0.4 is 5.56 Å². The predicted molar refractivity (Wildman–Crippen MR) is 97.2 cm³/mol. The van der Waals surface area contributed by atoms with Gasteiger partial charge < -0.3 is 0 Å². The van der Waals surface area contributed by atoms with Crippen LogP contribution in [0.25, 0.3) is 21.0 Å². The third-order valence-electron chi connectivity index (χ3n) is 3.86. The average molecular weight is 422 g/mol. The van der Waals surface area contributed by atoms with Crippen LogP contribution in [0.2, 0.25) is 0 Å². The number of aromatic nitrogens is 3. The lowest BCUT2D eigenvalue weighted by molar-refractivity contribution is -0.0304. The summed E-state index contributed by atoms with van der Waals surface area (Å²) in [7, 11) is 0. The van der Waals surface area contributed by atoms with Gasteiger partial charge >= 0.3 is 5.92 Å². The van der Waals surface area contributed by atoms with Gasteiger partial charge in [0.05, 0.1) is 21.8 Å². The number of hydrogen-bond donors (Lipinski definition) is 0. The van der Waals surface area contributed by atoms with E-state index in [4.69, 9.17) is 0 Å². The molecule has 0 unspecified atom stereocenters. The van der Waals surface area contributed by atoms with Gasteiger partial charge in [-0.2, -0.15) is 13.9 Å². The van der Waals surface area contributed by atoms with Gasteiger partial charge in [-0.25, -0.2) is 9.67 Å². The molecule has 0 fully saturated rings. The Balaban J connectivity index is 1.76. The zero-order chi connectivity index (χ0) is 17.6. The monoisotopic (exact) mass is 421 g/mol. The number of benzene rings is 1.